The van der Waals surface area contributed by atoms with Crippen molar-refractivity contribution in [2.45, 2.75) is 31.2 Å². The molecule has 9 N–H and O–H groups in total. The lowest BCUT2D eigenvalue weighted by atomic mass is 10.1. The molecular weight excluding hydrogens is 783 g/mol. The maximum absolute atomic E-state index is 13.0. The zero-order valence-electron chi connectivity index (χ0n) is 17.2. The summed E-state index contributed by atoms with van der Waals surface area (Å²) in [6, 6.07) is -2.40. The molecule has 4 atom stereocenters. The normalized spacial score (nSPS) is 14.7. The van der Waals surface area contributed by atoms with Crippen LogP contribution in [0.25, 0.3) is 0 Å². The van der Waals surface area contributed by atoms with Crippen molar-refractivity contribution in [1.82, 2.24) is 10.6 Å². The van der Waals surface area contributed by atoms with Gasteiger partial charge in [-0.2, -0.15) is 0 Å². The van der Waals surface area contributed by atoms with Crippen molar-refractivity contribution in [1.29, 1.82) is 0 Å². The predicted molar refractivity (Wildman–Crippen MR) is 142 cm³/mol. The van der Waals surface area contributed by atoms with E-state index in [4.69, 9.17) is 10.2 Å². The van der Waals surface area contributed by atoms with Crippen molar-refractivity contribution < 1.29 is 45.0 Å². The van der Waals surface area contributed by atoms with Crippen LogP contribution in [0.4, 0.5) is 5.69 Å². The summed E-state index contributed by atoms with van der Waals surface area (Å²) in [5.74, 6) is -2.05. The van der Waals surface area contributed by atoms with Gasteiger partial charge < -0.3 is 46.6 Å². The number of carbonyl (C=O) groups is 3. The highest BCUT2D eigenvalue weighted by molar-refractivity contribution is 14.1. The van der Waals surface area contributed by atoms with Gasteiger partial charge in [0.05, 0.1) is 74.7 Å². The molecule has 0 spiro atoms. The first-order valence-electron chi connectivity index (χ1n) is 9.34. The lowest BCUT2D eigenvalue weighted by Gasteiger charge is -2.25. The highest BCUT2D eigenvalue weighted by Gasteiger charge is 2.31. The first-order chi connectivity index (χ1) is 15.4. The van der Waals surface area contributed by atoms with Crippen molar-refractivity contribution in [3.63, 3.8) is 0 Å². The second-order valence-electron chi connectivity index (χ2n) is 6.77. The van der Waals surface area contributed by atoms with E-state index in [1.165, 1.54) is 6.92 Å². The van der Waals surface area contributed by atoms with Crippen molar-refractivity contribution in [3.05, 3.63) is 21.8 Å². The first kappa shape index (κ1) is 30.6. The average molecular weight is 807 g/mol. The number of nitrogens with one attached hydrogen (secondary N) is 3. The largest absolute Gasteiger partial charge is 0.394 e. The van der Waals surface area contributed by atoms with E-state index >= 15 is 0 Å². The molecule has 0 saturated carbocycles. The molecule has 0 aliphatic carbocycles. The number of carbonyl (C=O) groups excluding carboxylic acids is 3. The number of halogens is 3. The quantitative estimate of drug-likeness (QED) is 0.117. The highest BCUT2D eigenvalue weighted by Crippen LogP contribution is 2.36. The number of aliphatic hydroxyl groups is 6. The van der Waals surface area contributed by atoms with Crippen LogP contribution in [0.15, 0.2) is 0 Å². The summed E-state index contributed by atoms with van der Waals surface area (Å²) in [4.78, 5) is 37.9. The van der Waals surface area contributed by atoms with Crippen LogP contribution in [0.2, 0.25) is 0 Å². The fraction of sp³-hybridized carbons (Fsp3) is 0.500. The molecule has 33 heavy (non-hydrogen) atoms. The number of benzene rings is 1. The summed E-state index contributed by atoms with van der Waals surface area (Å²) in [7, 11) is 0. The number of anilines is 1. The summed E-state index contributed by atoms with van der Waals surface area (Å²) in [5, 5.41) is 64.1. The van der Waals surface area contributed by atoms with E-state index in [-0.39, 0.29) is 27.5 Å². The Morgan fingerprint density at radius 3 is 1.36 bits per heavy atom. The molecule has 0 aromatic heterocycles. The summed E-state index contributed by atoms with van der Waals surface area (Å²) < 4.78 is 0.695. The Morgan fingerprint density at radius 1 is 0.727 bits per heavy atom. The maximum atomic E-state index is 13.0. The summed E-state index contributed by atoms with van der Waals surface area (Å²) in [5.41, 5.74) is 0.0700. The van der Waals surface area contributed by atoms with Gasteiger partial charge in [-0.1, -0.05) is 0 Å². The van der Waals surface area contributed by atoms with E-state index in [1.807, 2.05) is 45.2 Å². The van der Waals surface area contributed by atoms with Crippen LogP contribution in [0, 0.1) is 10.7 Å². The molecule has 3 amide bonds. The molecule has 1 aromatic rings. The Bertz CT molecular complexity index is 828. The van der Waals surface area contributed by atoms with Gasteiger partial charge in [-0.25, -0.2) is 0 Å². The van der Waals surface area contributed by atoms with Gasteiger partial charge in [0.1, 0.15) is 0 Å². The van der Waals surface area contributed by atoms with Crippen molar-refractivity contribution in [2.75, 3.05) is 31.7 Å². The third-order valence-electron chi connectivity index (χ3n) is 4.40. The second kappa shape index (κ2) is 14.2. The summed E-state index contributed by atoms with van der Waals surface area (Å²) in [6.07, 6.45) is -2.89. The third kappa shape index (κ3) is 7.78. The molecule has 0 bridgehead atoms. The van der Waals surface area contributed by atoms with Gasteiger partial charge in [0.2, 0.25) is 5.91 Å². The van der Waals surface area contributed by atoms with Crippen LogP contribution in [-0.2, 0) is 4.79 Å². The predicted octanol–water partition coefficient (Wildman–Crippen LogP) is -1.65. The molecule has 1 aromatic carbocycles. The molecular formula is C18H24I3N3O9. The molecule has 12 nitrogen and oxygen atoms in total. The Labute approximate surface area is 229 Å². The van der Waals surface area contributed by atoms with Crippen molar-refractivity contribution in [3.8, 4) is 0 Å². The van der Waals surface area contributed by atoms with Gasteiger partial charge in [0, 0.05) is 10.5 Å². The average Bonchev–Trinajstić information content (AvgIpc) is 2.77. The fourth-order valence-electron chi connectivity index (χ4n) is 2.61. The van der Waals surface area contributed by atoms with E-state index in [9.17, 15) is 34.8 Å². The first-order valence-corrected chi connectivity index (χ1v) is 12.6. The van der Waals surface area contributed by atoms with Crippen LogP contribution >= 0.6 is 67.8 Å². The molecule has 186 valence electrons. The molecule has 1 rings (SSSR count). The third-order valence-corrected chi connectivity index (χ3v) is 7.64. The maximum Gasteiger partial charge on any atom is 0.253 e. The minimum atomic E-state index is -1.44. The monoisotopic (exact) mass is 807 g/mol. The van der Waals surface area contributed by atoms with Gasteiger partial charge >= 0.3 is 0 Å². The second-order valence-corrected chi connectivity index (χ2v) is 10.0. The number of amides is 3. The van der Waals surface area contributed by atoms with Crippen LogP contribution < -0.4 is 16.0 Å². The lowest BCUT2D eigenvalue weighted by Crippen LogP contribution is -2.48. The summed E-state index contributed by atoms with van der Waals surface area (Å²) in [6.45, 7) is -1.54. The molecule has 4 unspecified atom stereocenters. The van der Waals surface area contributed by atoms with E-state index < -0.39 is 68.4 Å². The van der Waals surface area contributed by atoms with Gasteiger partial charge in [-0.05, 0) is 67.8 Å². The smallest absolute Gasteiger partial charge is 0.253 e. The van der Waals surface area contributed by atoms with E-state index in [0.717, 1.165) is 0 Å². The molecule has 0 heterocycles. The molecule has 0 saturated heterocycles. The van der Waals surface area contributed by atoms with Crippen molar-refractivity contribution >= 4 is 91.2 Å². The van der Waals surface area contributed by atoms with Crippen LogP contribution in [0.3, 0.4) is 0 Å². The van der Waals surface area contributed by atoms with Gasteiger partial charge in [0.15, 0.2) is 0 Å². The molecule has 0 fully saturated rings. The fourth-order valence-corrected chi connectivity index (χ4v) is 7.03. The molecule has 15 heteroatoms. The zero-order chi connectivity index (χ0) is 25.5. The molecule has 0 aliphatic rings. The van der Waals surface area contributed by atoms with Gasteiger partial charge in [-0.15, -0.1) is 0 Å². The van der Waals surface area contributed by atoms with Crippen LogP contribution in [0.1, 0.15) is 27.6 Å². The Kier molecular flexibility index (Phi) is 13.2. The minimum absolute atomic E-state index is 0.0441. The van der Waals surface area contributed by atoms with Gasteiger partial charge in [-0.3, -0.25) is 14.4 Å². The van der Waals surface area contributed by atoms with Crippen LogP contribution in [0.5, 0.6) is 0 Å². The van der Waals surface area contributed by atoms with E-state index in [1.54, 1.807) is 22.6 Å². The number of hydrogen-bond acceptors (Lipinski definition) is 9. The highest BCUT2D eigenvalue weighted by atomic mass is 127. The van der Waals surface area contributed by atoms with E-state index in [0.29, 0.717) is 0 Å². The number of hydrogen-bond donors (Lipinski definition) is 9. The van der Waals surface area contributed by atoms with Gasteiger partial charge in [0.25, 0.3) is 11.8 Å². The Balaban J connectivity index is 3.62. The lowest BCUT2D eigenvalue weighted by molar-refractivity contribution is -0.114. The number of aliphatic hydroxyl groups excluding tert-OH is 6. The van der Waals surface area contributed by atoms with Crippen LogP contribution in [-0.4, -0.2) is 99.1 Å². The standard InChI is InChI=1S/C18H24I3N3O9/c1-6(29)22-16-14(20)11(17(32)23-7(2-25)9(30)4-27)13(19)12(15(16)21)18(33)24-8(3-26)10(31)5-28/h7-10,25-28,30-31H,2-5H2,1H3,(H,22,29)(H,23,32)(H,24,33). The topological polar surface area (TPSA) is 209 Å². The Hall–Kier alpha value is -0.420. The van der Waals surface area contributed by atoms with Crippen molar-refractivity contribution in [2.24, 2.45) is 0 Å². The Morgan fingerprint density at radius 2 is 1.09 bits per heavy atom. The summed E-state index contributed by atoms with van der Waals surface area (Å²) >= 11 is 5.37. The molecule has 0 aliphatic heterocycles. The molecule has 0 radical (unpaired) electrons. The minimum Gasteiger partial charge on any atom is -0.394 e. The zero-order valence-corrected chi connectivity index (χ0v) is 23.7. The number of rotatable bonds is 11. The van der Waals surface area contributed by atoms with E-state index in [2.05, 4.69) is 16.0 Å². The SMILES string of the molecule is CC(=O)Nc1c(I)c(C(=O)NC(CO)C(O)CO)c(I)c(C(=O)NC(CO)C(O)CO)c1I.